The van der Waals surface area contributed by atoms with Crippen LogP contribution in [-0.2, 0) is 0 Å². The van der Waals surface area contributed by atoms with E-state index in [1.54, 1.807) is 5.23 Å². The third-order valence-electron chi connectivity index (χ3n) is 1.02. The van der Waals surface area contributed by atoms with Gasteiger partial charge in [-0.1, -0.05) is 0 Å². The first-order chi connectivity index (χ1) is 2.95. The molecule has 3 heterocycles. The Morgan fingerprint density at radius 1 is 1.50 bits per heavy atom. The monoisotopic (exact) mass is 86.1 g/mol. The van der Waals surface area contributed by atoms with Crippen LogP contribution in [0.15, 0.2) is 0 Å². The number of nitrogens with zero attached hydrogens (tertiary/aromatic N) is 1. The predicted octanol–water partition coefficient (Wildman–Crippen LogP) is -1.84. The highest BCUT2D eigenvalue weighted by molar-refractivity contribution is 4.75. The van der Waals surface area contributed by atoms with Gasteiger partial charge in [-0.05, 0) is 0 Å². The molecule has 34 valence electrons. The smallest absolute Gasteiger partial charge is 0.103 e. The molecule has 0 amide bonds. The van der Waals surface area contributed by atoms with Crippen LogP contribution in [0.25, 0.3) is 0 Å². The van der Waals surface area contributed by atoms with E-state index in [0.29, 0.717) is 6.17 Å². The molecule has 2 bridgehead atoms. The third-order valence-corrected chi connectivity index (χ3v) is 1.02. The second kappa shape index (κ2) is 0.737. The Kier molecular flexibility index (Phi) is 0.359. The van der Waals surface area contributed by atoms with Crippen molar-refractivity contribution in [1.29, 1.82) is 0 Å². The SMILES string of the molecule is C1NN2NC1N2. The van der Waals surface area contributed by atoms with Crippen LogP contribution >= 0.6 is 0 Å². The highest BCUT2D eigenvalue weighted by Gasteiger charge is 2.31. The minimum atomic E-state index is 0.505. The lowest BCUT2D eigenvalue weighted by molar-refractivity contribution is -0.00324. The van der Waals surface area contributed by atoms with E-state index in [4.69, 9.17) is 0 Å². The summed E-state index contributed by atoms with van der Waals surface area (Å²) < 4.78 is 0. The molecule has 3 fully saturated rings. The summed E-state index contributed by atoms with van der Waals surface area (Å²) in [5, 5.41) is 1.75. The molecular weight excluding hydrogens is 80.0 g/mol. The molecule has 4 heteroatoms. The van der Waals surface area contributed by atoms with E-state index < -0.39 is 0 Å². The van der Waals surface area contributed by atoms with E-state index in [9.17, 15) is 0 Å². The average molecular weight is 86.1 g/mol. The lowest BCUT2D eigenvalue weighted by Crippen LogP contribution is -2.65. The summed E-state index contributed by atoms with van der Waals surface area (Å²) in [7, 11) is 0. The molecule has 0 aromatic rings. The van der Waals surface area contributed by atoms with Gasteiger partial charge >= 0.3 is 0 Å². The van der Waals surface area contributed by atoms with Crippen LogP contribution in [0.4, 0.5) is 0 Å². The third kappa shape index (κ3) is 0.188. The Bertz CT molecular complexity index is 52.4. The zero-order valence-electron chi connectivity index (χ0n) is 3.23. The summed E-state index contributed by atoms with van der Waals surface area (Å²) >= 11 is 0. The fourth-order valence-corrected chi connectivity index (χ4v) is 0.677. The summed E-state index contributed by atoms with van der Waals surface area (Å²) in [6.45, 7) is 1.01. The molecule has 0 saturated carbocycles. The molecule has 3 rings (SSSR count). The van der Waals surface area contributed by atoms with Gasteiger partial charge in [-0.15, -0.1) is 5.23 Å². The fourth-order valence-electron chi connectivity index (χ4n) is 0.677. The van der Waals surface area contributed by atoms with E-state index in [2.05, 4.69) is 16.3 Å². The van der Waals surface area contributed by atoms with Crippen molar-refractivity contribution in [2.75, 3.05) is 6.54 Å². The van der Waals surface area contributed by atoms with Gasteiger partial charge in [0.15, 0.2) is 0 Å². The van der Waals surface area contributed by atoms with Gasteiger partial charge in [0.25, 0.3) is 0 Å². The van der Waals surface area contributed by atoms with Gasteiger partial charge < -0.3 is 0 Å². The highest BCUT2D eigenvalue weighted by Crippen LogP contribution is 1.96. The normalized spacial score (nSPS) is 52.0. The molecule has 0 atom stereocenters. The van der Waals surface area contributed by atoms with Crippen LogP contribution in [0.5, 0.6) is 0 Å². The van der Waals surface area contributed by atoms with Crippen LogP contribution in [0.1, 0.15) is 0 Å². The Morgan fingerprint density at radius 2 is 2.33 bits per heavy atom. The van der Waals surface area contributed by atoms with Gasteiger partial charge in [0, 0.05) is 6.54 Å². The zero-order chi connectivity index (χ0) is 3.98. The topological polar surface area (TPSA) is 39.3 Å². The lowest BCUT2D eigenvalue weighted by Gasteiger charge is -2.27. The Hall–Kier alpha value is -0.160. The predicted molar refractivity (Wildman–Crippen MR) is 19.9 cm³/mol. The van der Waals surface area contributed by atoms with Crippen molar-refractivity contribution in [3.8, 4) is 0 Å². The first kappa shape index (κ1) is 2.92. The Labute approximate surface area is 35.4 Å². The van der Waals surface area contributed by atoms with Crippen LogP contribution in [0.3, 0.4) is 0 Å². The first-order valence-electron chi connectivity index (χ1n) is 2.01. The van der Waals surface area contributed by atoms with Gasteiger partial charge in [-0.2, -0.15) is 0 Å². The number of hydrazine groups is 3. The Morgan fingerprint density at radius 3 is 2.50 bits per heavy atom. The van der Waals surface area contributed by atoms with Crippen LogP contribution in [-0.4, -0.2) is 17.9 Å². The maximum atomic E-state index is 3.03. The van der Waals surface area contributed by atoms with E-state index in [-0.39, 0.29) is 0 Å². The molecule has 3 N–H and O–H groups in total. The molecule has 6 heavy (non-hydrogen) atoms. The van der Waals surface area contributed by atoms with Crippen LogP contribution in [0, 0.1) is 0 Å². The van der Waals surface area contributed by atoms with Crippen molar-refractivity contribution in [3.63, 3.8) is 0 Å². The second-order valence-corrected chi connectivity index (χ2v) is 1.51. The molecule has 0 radical (unpaired) electrons. The minimum Gasteiger partial charge on any atom is -0.224 e. The van der Waals surface area contributed by atoms with Crippen LogP contribution in [0.2, 0.25) is 0 Å². The maximum absolute atomic E-state index is 3.03. The highest BCUT2D eigenvalue weighted by atomic mass is 16.0. The fraction of sp³-hybridized carbons (Fsp3) is 1.00. The van der Waals surface area contributed by atoms with Crippen molar-refractivity contribution in [2.24, 2.45) is 0 Å². The van der Waals surface area contributed by atoms with E-state index in [1.165, 1.54) is 0 Å². The van der Waals surface area contributed by atoms with Crippen molar-refractivity contribution >= 4 is 0 Å². The summed E-state index contributed by atoms with van der Waals surface area (Å²) in [6, 6.07) is 0. The average Bonchev–Trinajstić information content (AvgIpc) is 1.72. The molecule has 3 aliphatic rings. The van der Waals surface area contributed by atoms with Gasteiger partial charge in [0.05, 0.1) is 0 Å². The molecular formula is C2H6N4. The first-order valence-corrected chi connectivity index (χ1v) is 2.01. The standard InChI is InChI=1S/C2H6N4/c1-2-4-6(3-1)5-2/h2-5H,1H2. The van der Waals surface area contributed by atoms with Crippen molar-refractivity contribution in [2.45, 2.75) is 6.17 Å². The molecule has 0 aliphatic carbocycles. The van der Waals surface area contributed by atoms with Crippen molar-refractivity contribution in [1.82, 2.24) is 21.5 Å². The zero-order valence-corrected chi connectivity index (χ0v) is 3.23. The molecule has 3 aliphatic heterocycles. The van der Waals surface area contributed by atoms with Gasteiger partial charge in [-0.25, -0.2) is 16.3 Å². The van der Waals surface area contributed by atoms with E-state index >= 15 is 0 Å². The van der Waals surface area contributed by atoms with Crippen LogP contribution < -0.4 is 16.3 Å². The van der Waals surface area contributed by atoms with Gasteiger partial charge in [0.2, 0.25) is 0 Å². The number of nitrogens with one attached hydrogen (secondary N) is 3. The molecule has 3 saturated heterocycles. The summed E-state index contributed by atoms with van der Waals surface area (Å²) in [4.78, 5) is 0. The minimum absolute atomic E-state index is 0.505. The summed E-state index contributed by atoms with van der Waals surface area (Å²) in [5.74, 6) is 0. The largest absolute Gasteiger partial charge is 0.224 e. The van der Waals surface area contributed by atoms with Gasteiger partial charge in [0.1, 0.15) is 6.17 Å². The molecule has 0 aromatic heterocycles. The van der Waals surface area contributed by atoms with Crippen molar-refractivity contribution in [3.05, 3.63) is 0 Å². The van der Waals surface area contributed by atoms with Crippen molar-refractivity contribution < 1.29 is 0 Å². The van der Waals surface area contributed by atoms with Gasteiger partial charge in [-0.3, -0.25) is 0 Å². The molecule has 4 nitrogen and oxygen atoms in total. The number of fused-ring (bicyclic) bond motifs is 1. The number of hydrogen-bond donors (Lipinski definition) is 3. The number of rotatable bonds is 0. The lowest BCUT2D eigenvalue weighted by atomic mass is 10.5. The summed E-state index contributed by atoms with van der Waals surface area (Å²) in [5.41, 5.74) is 9.06. The van der Waals surface area contributed by atoms with E-state index in [0.717, 1.165) is 6.54 Å². The van der Waals surface area contributed by atoms with E-state index in [1.807, 2.05) is 0 Å². The molecule has 0 spiro atoms. The maximum Gasteiger partial charge on any atom is 0.103 e. The number of hydrogen-bond acceptors (Lipinski definition) is 4. The quantitative estimate of drug-likeness (QED) is 0.324. The molecule has 0 aromatic carbocycles. The summed E-state index contributed by atoms with van der Waals surface area (Å²) in [6.07, 6.45) is 0.505. The molecule has 0 unspecified atom stereocenters. The second-order valence-electron chi connectivity index (χ2n) is 1.51. The Balaban J connectivity index is 2.16.